The van der Waals surface area contributed by atoms with E-state index in [2.05, 4.69) is 0 Å². The first-order chi connectivity index (χ1) is 15.4. The van der Waals surface area contributed by atoms with Crippen molar-refractivity contribution in [3.8, 4) is 23.0 Å². The lowest BCUT2D eigenvalue weighted by Crippen LogP contribution is -2.17. The molecule has 0 fully saturated rings. The Morgan fingerprint density at radius 3 is 2.38 bits per heavy atom. The van der Waals surface area contributed by atoms with E-state index in [-0.39, 0.29) is 18.3 Å². The minimum absolute atomic E-state index is 0.0744. The lowest BCUT2D eigenvalue weighted by molar-refractivity contribution is -0.142. The fraction of sp³-hybridized carbons (Fsp3) is 0.292. The summed E-state index contributed by atoms with van der Waals surface area (Å²) in [5, 5.41) is 0. The molecule has 1 aliphatic heterocycles. The second kappa shape index (κ2) is 10.00. The average Bonchev–Trinajstić information content (AvgIpc) is 3.13. The van der Waals surface area contributed by atoms with Gasteiger partial charge in [0, 0.05) is 19.4 Å². The van der Waals surface area contributed by atoms with Crippen molar-refractivity contribution in [2.75, 3.05) is 20.8 Å². The van der Waals surface area contributed by atoms with E-state index in [9.17, 15) is 14.4 Å². The first-order valence-electron chi connectivity index (χ1n) is 9.88. The van der Waals surface area contributed by atoms with Crippen molar-refractivity contribution in [3.05, 3.63) is 53.1 Å². The standard InChI is InChI=1S/C24H24O8/c1-14(26)30-13-19-18-10-16(6-5-9-25)11-22(29-4)24(18)32-23(19)17-7-8-20(31-15(2)27)21(12-17)28-3/h5-12,19,23H,13H2,1-4H3/b6-5+/t19-,23+/m0/s1. The number of aldehydes is 1. The molecule has 32 heavy (non-hydrogen) atoms. The van der Waals surface area contributed by atoms with Crippen LogP contribution in [-0.4, -0.2) is 39.1 Å². The van der Waals surface area contributed by atoms with Gasteiger partial charge in [-0.25, -0.2) is 0 Å². The third kappa shape index (κ3) is 4.91. The number of hydrogen-bond donors (Lipinski definition) is 0. The number of hydrogen-bond acceptors (Lipinski definition) is 8. The average molecular weight is 440 g/mol. The molecule has 0 aromatic heterocycles. The summed E-state index contributed by atoms with van der Waals surface area (Å²) in [6.07, 6.45) is 3.20. The highest BCUT2D eigenvalue weighted by atomic mass is 16.6. The van der Waals surface area contributed by atoms with Gasteiger partial charge in [-0.05, 0) is 41.5 Å². The summed E-state index contributed by atoms with van der Waals surface area (Å²) in [5.74, 6) is 0.446. The summed E-state index contributed by atoms with van der Waals surface area (Å²) in [6.45, 7) is 2.72. The second-order valence-corrected chi connectivity index (χ2v) is 7.09. The van der Waals surface area contributed by atoms with Crippen LogP contribution in [0.3, 0.4) is 0 Å². The van der Waals surface area contributed by atoms with E-state index in [0.29, 0.717) is 23.5 Å². The summed E-state index contributed by atoms with van der Waals surface area (Å²) in [4.78, 5) is 33.6. The third-order valence-electron chi connectivity index (χ3n) is 4.94. The number of allylic oxidation sites excluding steroid dienone is 1. The van der Waals surface area contributed by atoms with Crippen LogP contribution >= 0.6 is 0 Å². The molecule has 2 aromatic rings. The van der Waals surface area contributed by atoms with E-state index >= 15 is 0 Å². The van der Waals surface area contributed by atoms with Crippen LogP contribution in [0, 0.1) is 0 Å². The Bertz CT molecular complexity index is 1060. The Balaban J connectivity index is 2.06. The molecule has 1 aliphatic rings. The van der Waals surface area contributed by atoms with Gasteiger partial charge in [0.25, 0.3) is 0 Å². The zero-order valence-corrected chi connectivity index (χ0v) is 18.2. The molecule has 3 rings (SSSR count). The summed E-state index contributed by atoms with van der Waals surface area (Å²) in [5.41, 5.74) is 2.26. The van der Waals surface area contributed by atoms with Gasteiger partial charge in [0.1, 0.15) is 19.0 Å². The number of ether oxygens (including phenoxy) is 5. The van der Waals surface area contributed by atoms with E-state index in [4.69, 9.17) is 23.7 Å². The van der Waals surface area contributed by atoms with Crippen LogP contribution in [0.2, 0.25) is 0 Å². The molecule has 8 nitrogen and oxygen atoms in total. The number of esters is 2. The summed E-state index contributed by atoms with van der Waals surface area (Å²) < 4.78 is 27.7. The smallest absolute Gasteiger partial charge is 0.308 e. The van der Waals surface area contributed by atoms with Gasteiger partial charge in [0.2, 0.25) is 0 Å². The molecular formula is C24H24O8. The quantitative estimate of drug-likeness (QED) is 0.266. The van der Waals surface area contributed by atoms with E-state index in [0.717, 1.165) is 16.7 Å². The second-order valence-electron chi connectivity index (χ2n) is 7.09. The van der Waals surface area contributed by atoms with Crippen molar-refractivity contribution in [2.45, 2.75) is 25.9 Å². The van der Waals surface area contributed by atoms with E-state index < -0.39 is 18.0 Å². The van der Waals surface area contributed by atoms with Gasteiger partial charge in [-0.2, -0.15) is 0 Å². The van der Waals surface area contributed by atoms with Crippen molar-refractivity contribution in [2.24, 2.45) is 0 Å². The van der Waals surface area contributed by atoms with Crippen molar-refractivity contribution in [1.29, 1.82) is 0 Å². The number of rotatable bonds is 8. The van der Waals surface area contributed by atoms with Crippen LogP contribution in [0.4, 0.5) is 0 Å². The summed E-state index contributed by atoms with van der Waals surface area (Å²) in [6, 6.07) is 8.73. The van der Waals surface area contributed by atoms with Crippen molar-refractivity contribution in [3.63, 3.8) is 0 Å². The summed E-state index contributed by atoms with van der Waals surface area (Å²) >= 11 is 0. The van der Waals surface area contributed by atoms with Crippen LogP contribution in [0.25, 0.3) is 6.08 Å². The minimum atomic E-state index is -0.524. The van der Waals surface area contributed by atoms with Crippen LogP contribution < -0.4 is 18.9 Å². The van der Waals surface area contributed by atoms with Crippen molar-refractivity contribution < 1.29 is 38.1 Å². The zero-order valence-electron chi connectivity index (χ0n) is 18.2. The molecule has 0 unspecified atom stereocenters. The predicted octanol–water partition coefficient (Wildman–Crippen LogP) is 3.62. The molecule has 0 saturated carbocycles. The maximum absolute atomic E-state index is 11.5. The lowest BCUT2D eigenvalue weighted by Gasteiger charge is -2.20. The van der Waals surface area contributed by atoms with Gasteiger partial charge in [0.05, 0.1) is 20.1 Å². The minimum Gasteiger partial charge on any atom is -0.493 e. The SMILES string of the molecule is COc1cc([C@H]2Oc3c(OC)cc(/C=C/C=O)cc3[C@@H]2COC(C)=O)ccc1OC(C)=O. The maximum atomic E-state index is 11.5. The number of benzene rings is 2. The van der Waals surface area contributed by atoms with Gasteiger partial charge in [0.15, 0.2) is 23.0 Å². The molecule has 0 amide bonds. The normalized spacial score (nSPS) is 16.8. The fourth-order valence-corrected chi connectivity index (χ4v) is 3.60. The Labute approximate surface area is 185 Å². The predicted molar refractivity (Wildman–Crippen MR) is 115 cm³/mol. The van der Waals surface area contributed by atoms with Gasteiger partial charge >= 0.3 is 11.9 Å². The zero-order chi connectivity index (χ0) is 23.3. The molecule has 0 saturated heterocycles. The van der Waals surface area contributed by atoms with Crippen LogP contribution in [-0.2, 0) is 19.1 Å². The monoisotopic (exact) mass is 440 g/mol. The molecule has 0 spiro atoms. The van der Waals surface area contributed by atoms with E-state index in [1.165, 1.54) is 34.1 Å². The molecule has 8 heteroatoms. The Morgan fingerprint density at radius 1 is 1.00 bits per heavy atom. The molecule has 0 N–H and O–H groups in total. The first kappa shape index (κ1) is 22.9. The highest BCUT2D eigenvalue weighted by Gasteiger charge is 2.39. The largest absolute Gasteiger partial charge is 0.493 e. The van der Waals surface area contributed by atoms with Gasteiger partial charge in [-0.15, -0.1) is 0 Å². The molecule has 1 heterocycles. The molecule has 0 bridgehead atoms. The maximum Gasteiger partial charge on any atom is 0.308 e. The van der Waals surface area contributed by atoms with Crippen molar-refractivity contribution >= 4 is 24.3 Å². The number of fused-ring (bicyclic) bond motifs is 1. The van der Waals surface area contributed by atoms with Gasteiger partial charge < -0.3 is 23.7 Å². The Hall–Kier alpha value is -3.81. The molecule has 0 aliphatic carbocycles. The van der Waals surface area contributed by atoms with Gasteiger partial charge in [-0.3, -0.25) is 14.4 Å². The molecule has 168 valence electrons. The van der Waals surface area contributed by atoms with Crippen LogP contribution in [0.15, 0.2) is 36.4 Å². The van der Waals surface area contributed by atoms with Crippen LogP contribution in [0.1, 0.15) is 42.6 Å². The molecule has 0 radical (unpaired) electrons. The van der Waals surface area contributed by atoms with E-state index in [1.807, 2.05) is 6.07 Å². The lowest BCUT2D eigenvalue weighted by atomic mass is 9.90. The highest BCUT2D eigenvalue weighted by molar-refractivity contribution is 5.75. The number of carbonyl (C=O) groups excluding carboxylic acids is 3. The Kier molecular flexibility index (Phi) is 7.14. The number of carbonyl (C=O) groups is 3. The third-order valence-corrected chi connectivity index (χ3v) is 4.94. The molecular weight excluding hydrogens is 416 g/mol. The van der Waals surface area contributed by atoms with Gasteiger partial charge in [-0.1, -0.05) is 12.1 Å². The topological polar surface area (TPSA) is 97.4 Å². The first-order valence-corrected chi connectivity index (χ1v) is 9.88. The van der Waals surface area contributed by atoms with Crippen molar-refractivity contribution in [1.82, 2.24) is 0 Å². The van der Waals surface area contributed by atoms with Crippen LogP contribution in [0.5, 0.6) is 23.0 Å². The summed E-state index contributed by atoms with van der Waals surface area (Å²) in [7, 11) is 3.00. The molecule has 2 aromatic carbocycles. The fourth-order valence-electron chi connectivity index (χ4n) is 3.60. The molecule has 2 atom stereocenters. The number of methoxy groups -OCH3 is 2. The Morgan fingerprint density at radius 2 is 1.75 bits per heavy atom. The highest BCUT2D eigenvalue weighted by Crippen LogP contribution is 2.51. The van der Waals surface area contributed by atoms with E-state index in [1.54, 1.807) is 30.3 Å².